The summed E-state index contributed by atoms with van der Waals surface area (Å²) in [6.07, 6.45) is 1.53. The van der Waals surface area contributed by atoms with Crippen LogP contribution in [0, 0.1) is 0 Å². The van der Waals surface area contributed by atoms with Crippen molar-refractivity contribution in [2.24, 2.45) is 0 Å². The Morgan fingerprint density at radius 3 is 2.36 bits per heavy atom. The van der Waals surface area contributed by atoms with Gasteiger partial charge in [-0.05, 0) is 18.2 Å². The van der Waals surface area contributed by atoms with E-state index in [9.17, 15) is 0 Å². The van der Waals surface area contributed by atoms with Gasteiger partial charge in [0.15, 0.2) is 17.3 Å². The van der Waals surface area contributed by atoms with Crippen LogP contribution in [0.2, 0.25) is 0 Å². The summed E-state index contributed by atoms with van der Waals surface area (Å²) in [4.78, 5) is 8.53. The van der Waals surface area contributed by atoms with Gasteiger partial charge in [0, 0.05) is 23.6 Å². The van der Waals surface area contributed by atoms with Crippen LogP contribution in [0.25, 0.3) is 10.9 Å². The molecule has 25 heavy (non-hydrogen) atoms. The molecule has 0 aliphatic carbocycles. The zero-order valence-corrected chi connectivity index (χ0v) is 14.4. The lowest BCUT2D eigenvalue weighted by atomic mass is 10.1. The molecule has 2 aromatic carbocycles. The molecule has 0 aliphatic rings. The van der Waals surface area contributed by atoms with Gasteiger partial charge in [-0.25, -0.2) is 15.4 Å². The second kappa shape index (κ2) is 7.67. The second-order valence-electron chi connectivity index (χ2n) is 5.24. The molecular weight excluding hydrogens is 320 g/mol. The monoisotopic (exact) mass is 340 g/mol. The van der Waals surface area contributed by atoms with E-state index in [1.807, 2.05) is 30.3 Å². The molecule has 0 amide bonds. The molecule has 0 saturated carbocycles. The Bertz CT molecular complexity index is 865. The number of fused-ring (bicyclic) bond motifs is 1. The molecule has 1 aromatic heterocycles. The third-order valence-corrected chi connectivity index (χ3v) is 3.82. The van der Waals surface area contributed by atoms with Gasteiger partial charge < -0.3 is 19.6 Å². The average Bonchev–Trinajstić information content (AvgIpc) is 2.67. The van der Waals surface area contributed by atoms with Crippen LogP contribution in [-0.4, -0.2) is 31.3 Å². The minimum Gasteiger partial charge on any atom is -0.496 e. The van der Waals surface area contributed by atoms with E-state index in [2.05, 4.69) is 20.8 Å². The molecule has 0 unspecified atom stereocenters. The largest absolute Gasteiger partial charge is 0.496 e. The van der Waals surface area contributed by atoms with Crippen molar-refractivity contribution in [1.82, 2.24) is 15.4 Å². The van der Waals surface area contributed by atoms with Crippen LogP contribution in [0.5, 0.6) is 17.2 Å². The number of ether oxygens (including phenoxy) is 3. The highest BCUT2D eigenvalue weighted by Crippen LogP contribution is 2.34. The highest BCUT2D eigenvalue weighted by Gasteiger charge is 2.12. The van der Waals surface area contributed by atoms with Crippen molar-refractivity contribution in [2.75, 3.05) is 26.8 Å². The first-order valence-electron chi connectivity index (χ1n) is 7.74. The van der Waals surface area contributed by atoms with Crippen molar-refractivity contribution in [3.05, 3.63) is 48.3 Å². The molecule has 0 saturated heterocycles. The van der Waals surface area contributed by atoms with Crippen LogP contribution in [0.4, 0.5) is 5.82 Å². The molecule has 7 nitrogen and oxygen atoms in total. The van der Waals surface area contributed by atoms with Crippen LogP contribution >= 0.6 is 0 Å². The minimum absolute atomic E-state index is 0.502. The smallest absolute Gasteiger partial charge is 0.164 e. The van der Waals surface area contributed by atoms with E-state index in [0.29, 0.717) is 29.6 Å². The molecule has 0 bridgehead atoms. The summed E-state index contributed by atoms with van der Waals surface area (Å²) in [6, 6.07) is 11.5. The lowest BCUT2D eigenvalue weighted by molar-refractivity contribution is 0.347. The first kappa shape index (κ1) is 16.8. The van der Waals surface area contributed by atoms with Gasteiger partial charge >= 0.3 is 0 Å². The number of nitrogens with zero attached hydrogens (tertiary/aromatic N) is 2. The summed E-state index contributed by atoms with van der Waals surface area (Å²) in [6.45, 7) is 0.502. The third-order valence-electron chi connectivity index (χ3n) is 3.82. The summed E-state index contributed by atoms with van der Waals surface area (Å²) in [5.74, 6) is 2.69. The minimum atomic E-state index is 0.502. The first-order valence-corrected chi connectivity index (χ1v) is 7.74. The highest BCUT2D eigenvalue weighted by atomic mass is 16.5. The molecule has 130 valence electrons. The van der Waals surface area contributed by atoms with Gasteiger partial charge in [-0.1, -0.05) is 12.1 Å². The van der Waals surface area contributed by atoms with Crippen molar-refractivity contribution in [3.8, 4) is 17.2 Å². The fourth-order valence-corrected chi connectivity index (χ4v) is 2.56. The fourth-order valence-electron chi connectivity index (χ4n) is 2.56. The number of aromatic nitrogens is 2. The van der Waals surface area contributed by atoms with E-state index in [1.165, 1.54) is 6.33 Å². The molecule has 0 radical (unpaired) electrons. The number of benzene rings is 2. The van der Waals surface area contributed by atoms with E-state index in [1.54, 1.807) is 27.4 Å². The number of hydrogen-bond acceptors (Lipinski definition) is 7. The van der Waals surface area contributed by atoms with E-state index in [4.69, 9.17) is 14.2 Å². The highest BCUT2D eigenvalue weighted by molar-refractivity contribution is 5.88. The summed E-state index contributed by atoms with van der Waals surface area (Å²) < 4.78 is 16.1. The number of anilines is 1. The third kappa shape index (κ3) is 3.56. The summed E-state index contributed by atoms with van der Waals surface area (Å²) in [7, 11) is 4.82. The van der Waals surface area contributed by atoms with Gasteiger partial charge in [-0.2, -0.15) is 0 Å². The Balaban J connectivity index is 1.77. The van der Waals surface area contributed by atoms with Crippen LogP contribution in [0.1, 0.15) is 5.56 Å². The standard InChI is InChI=1S/C18H20N4O3/c1-23-15-9-17(25-3)16(24-2)8-12(15)10-21-22-18-13-6-4-5-7-14(13)19-11-20-18/h4-9,11,21H,10H2,1-3H3,(H,19,20,22). The van der Waals surface area contributed by atoms with E-state index in [-0.39, 0.29) is 0 Å². The normalized spacial score (nSPS) is 10.5. The van der Waals surface area contributed by atoms with Crippen LogP contribution < -0.4 is 25.1 Å². The van der Waals surface area contributed by atoms with Gasteiger partial charge in [-0.3, -0.25) is 0 Å². The van der Waals surface area contributed by atoms with Crippen molar-refractivity contribution >= 4 is 16.7 Å². The van der Waals surface area contributed by atoms with E-state index in [0.717, 1.165) is 16.5 Å². The van der Waals surface area contributed by atoms with E-state index >= 15 is 0 Å². The van der Waals surface area contributed by atoms with Crippen LogP contribution in [-0.2, 0) is 6.54 Å². The quantitative estimate of drug-likeness (QED) is 0.640. The van der Waals surface area contributed by atoms with Gasteiger partial charge in [0.2, 0.25) is 0 Å². The van der Waals surface area contributed by atoms with Crippen molar-refractivity contribution < 1.29 is 14.2 Å². The number of nitrogens with one attached hydrogen (secondary N) is 2. The van der Waals surface area contributed by atoms with E-state index < -0.39 is 0 Å². The Hall–Kier alpha value is -3.06. The molecule has 0 fully saturated rings. The molecule has 3 rings (SSSR count). The van der Waals surface area contributed by atoms with Crippen molar-refractivity contribution in [2.45, 2.75) is 6.54 Å². The average molecular weight is 340 g/mol. The number of rotatable bonds is 7. The summed E-state index contributed by atoms with van der Waals surface area (Å²) in [5, 5.41) is 0.941. The van der Waals surface area contributed by atoms with Gasteiger partial charge in [0.05, 0.1) is 26.8 Å². The maximum Gasteiger partial charge on any atom is 0.164 e. The molecule has 0 aliphatic heterocycles. The molecule has 3 aromatic rings. The number of hydrogen-bond donors (Lipinski definition) is 2. The number of hydrazine groups is 1. The lowest BCUT2D eigenvalue weighted by Crippen LogP contribution is -2.22. The molecular formula is C18H20N4O3. The SMILES string of the molecule is COc1cc(OC)c(OC)cc1CNNc1ncnc2ccccc12. The van der Waals surface area contributed by atoms with Gasteiger partial charge in [0.1, 0.15) is 12.1 Å². The molecule has 0 spiro atoms. The zero-order valence-electron chi connectivity index (χ0n) is 14.4. The van der Waals surface area contributed by atoms with Crippen molar-refractivity contribution in [3.63, 3.8) is 0 Å². The molecule has 0 atom stereocenters. The number of methoxy groups -OCH3 is 3. The lowest BCUT2D eigenvalue weighted by Gasteiger charge is -2.15. The maximum absolute atomic E-state index is 5.43. The van der Waals surface area contributed by atoms with Crippen molar-refractivity contribution in [1.29, 1.82) is 0 Å². The summed E-state index contributed by atoms with van der Waals surface area (Å²) in [5.41, 5.74) is 8.08. The predicted molar refractivity (Wildman–Crippen MR) is 96.1 cm³/mol. The maximum atomic E-state index is 5.43. The zero-order chi connectivity index (χ0) is 17.6. The fraction of sp³-hybridized carbons (Fsp3) is 0.222. The molecule has 7 heteroatoms. The molecule has 1 heterocycles. The Kier molecular flexibility index (Phi) is 5.15. The van der Waals surface area contributed by atoms with Gasteiger partial charge in [0.25, 0.3) is 0 Å². The van der Waals surface area contributed by atoms with Gasteiger partial charge in [-0.15, -0.1) is 0 Å². The second-order valence-corrected chi connectivity index (χ2v) is 5.24. The topological polar surface area (TPSA) is 77.5 Å². The summed E-state index contributed by atoms with van der Waals surface area (Å²) >= 11 is 0. The Morgan fingerprint density at radius 2 is 1.60 bits per heavy atom. The van der Waals surface area contributed by atoms with Crippen LogP contribution in [0.15, 0.2) is 42.7 Å². The van der Waals surface area contributed by atoms with Crippen LogP contribution in [0.3, 0.4) is 0 Å². The Morgan fingerprint density at radius 1 is 0.880 bits per heavy atom. The Labute approximate surface area is 145 Å². The first-order chi connectivity index (χ1) is 12.3. The predicted octanol–water partition coefficient (Wildman–Crippen LogP) is 2.77. The number of para-hydroxylation sites is 1. The molecule has 2 N–H and O–H groups in total.